The van der Waals surface area contributed by atoms with E-state index in [-0.39, 0.29) is 10.7 Å². The topological polar surface area (TPSA) is 26.3 Å². The maximum atomic E-state index is 11.5. The Kier molecular flexibility index (Phi) is 2.63. The molecule has 12 heavy (non-hydrogen) atoms. The summed E-state index contributed by atoms with van der Waals surface area (Å²) in [7, 11) is 0. The largest absolute Gasteiger partial charge is 0.320 e. The standard InChI is InChI=1S/C8H13O2PS/c1-5-8(3)6-10-11(4,9)12-7(8)2/h1,7H,6H2,2-4H3. The summed E-state index contributed by atoms with van der Waals surface area (Å²) in [6.07, 6.45) is 5.38. The molecule has 68 valence electrons. The van der Waals surface area contributed by atoms with Crippen LogP contribution in [0.3, 0.4) is 0 Å². The van der Waals surface area contributed by atoms with Crippen molar-refractivity contribution < 1.29 is 9.09 Å². The monoisotopic (exact) mass is 204 g/mol. The van der Waals surface area contributed by atoms with Crippen molar-refractivity contribution in [3.8, 4) is 12.3 Å². The molecule has 0 aromatic heterocycles. The van der Waals surface area contributed by atoms with Crippen molar-refractivity contribution in [3.63, 3.8) is 0 Å². The van der Waals surface area contributed by atoms with Crippen LogP contribution in [0, 0.1) is 17.8 Å². The maximum absolute atomic E-state index is 11.5. The summed E-state index contributed by atoms with van der Waals surface area (Å²) in [4.78, 5) is 0. The van der Waals surface area contributed by atoms with Gasteiger partial charge >= 0.3 is 0 Å². The Morgan fingerprint density at radius 1 is 1.83 bits per heavy atom. The predicted octanol–water partition coefficient (Wildman–Crippen LogP) is 2.60. The summed E-state index contributed by atoms with van der Waals surface area (Å²) in [6, 6.07) is 0. The highest BCUT2D eigenvalue weighted by molar-refractivity contribution is 8.56. The van der Waals surface area contributed by atoms with E-state index in [0.29, 0.717) is 6.61 Å². The lowest BCUT2D eigenvalue weighted by Crippen LogP contribution is -2.33. The average Bonchev–Trinajstić information content (AvgIpc) is 1.97. The van der Waals surface area contributed by atoms with Crippen molar-refractivity contribution in [1.82, 2.24) is 0 Å². The molecule has 0 amide bonds. The van der Waals surface area contributed by atoms with Crippen LogP contribution in [-0.2, 0) is 9.09 Å². The van der Waals surface area contributed by atoms with Crippen LogP contribution in [0.5, 0.6) is 0 Å². The zero-order valence-corrected chi connectivity index (χ0v) is 9.24. The van der Waals surface area contributed by atoms with Gasteiger partial charge in [-0.1, -0.05) is 24.2 Å². The Balaban J connectivity index is 2.81. The third-order valence-corrected chi connectivity index (χ3v) is 6.41. The number of terminal acetylenes is 1. The molecular formula is C8H13O2PS. The molecule has 0 saturated carbocycles. The lowest BCUT2D eigenvalue weighted by molar-refractivity contribution is 0.216. The van der Waals surface area contributed by atoms with Crippen molar-refractivity contribution in [2.75, 3.05) is 13.3 Å². The molecule has 0 aromatic rings. The van der Waals surface area contributed by atoms with Gasteiger partial charge in [-0.05, 0) is 6.92 Å². The lowest BCUT2D eigenvalue weighted by atomic mass is 9.89. The highest BCUT2D eigenvalue weighted by Gasteiger charge is 2.40. The molecule has 1 aliphatic heterocycles. The first-order valence-corrected chi connectivity index (χ1v) is 7.33. The van der Waals surface area contributed by atoms with Gasteiger partial charge in [-0.15, -0.1) is 6.42 Å². The fourth-order valence-corrected chi connectivity index (χ4v) is 5.23. The van der Waals surface area contributed by atoms with E-state index in [1.807, 2.05) is 13.8 Å². The second-order valence-corrected chi connectivity index (χ2v) is 8.70. The molecule has 0 N–H and O–H groups in total. The van der Waals surface area contributed by atoms with Crippen molar-refractivity contribution in [2.24, 2.45) is 5.41 Å². The smallest absolute Gasteiger partial charge is 0.255 e. The van der Waals surface area contributed by atoms with Crippen LogP contribution in [0.2, 0.25) is 0 Å². The van der Waals surface area contributed by atoms with E-state index < -0.39 is 6.57 Å². The summed E-state index contributed by atoms with van der Waals surface area (Å²) in [6.45, 7) is 3.60. The molecule has 1 saturated heterocycles. The highest BCUT2D eigenvalue weighted by Crippen LogP contribution is 2.64. The summed E-state index contributed by atoms with van der Waals surface area (Å²) < 4.78 is 16.7. The normalized spacial score (nSPS) is 48.3. The van der Waals surface area contributed by atoms with Crippen LogP contribution in [0.1, 0.15) is 13.8 Å². The minimum Gasteiger partial charge on any atom is -0.320 e. The van der Waals surface area contributed by atoms with Gasteiger partial charge in [0, 0.05) is 11.9 Å². The Morgan fingerprint density at radius 3 is 2.83 bits per heavy atom. The van der Waals surface area contributed by atoms with Gasteiger partial charge in [0.2, 0.25) is 0 Å². The zero-order chi connectivity index (χ0) is 9.41. The quantitative estimate of drug-likeness (QED) is 0.448. The van der Waals surface area contributed by atoms with Crippen LogP contribution in [-0.4, -0.2) is 18.5 Å². The molecule has 0 radical (unpaired) electrons. The van der Waals surface area contributed by atoms with Crippen LogP contribution in [0.15, 0.2) is 0 Å². The maximum Gasteiger partial charge on any atom is 0.255 e. The highest BCUT2D eigenvalue weighted by atomic mass is 32.7. The molecule has 3 unspecified atom stereocenters. The fraction of sp³-hybridized carbons (Fsp3) is 0.750. The number of hydrogen-bond donors (Lipinski definition) is 0. The molecule has 4 heteroatoms. The van der Waals surface area contributed by atoms with Gasteiger partial charge in [-0.2, -0.15) is 0 Å². The van der Waals surface area contributed by atoms with E-state index in [1.54, 1.807) is 6.66 Å². The van der Waals surface area contributed by atoms with E-state index in [0.717, 1.165) is 0 Å². The third kappa shape index (κ3) is 1.88. The number of rotatable bonds is 0. The Labute approximate surface area is 77.6 Å². The van der Waals surface area contributed by atoms with Crippen molar-refractivity contribution in [3.05, 3.63) is 0 Å². The second-order valence-electron chi connectivity index (χ2n) is 3.35. The molecule has 2 nitrogen and oxygen atoms in total. The molecule has 1 heterocycles. The molecule has 0 aliphatic carbocycles. The zero-order valence-electron chi connectivity index (χ0n) is 7.53. The molecule has 0 bridgehead atoms. The fourth-order valence-electron chi connectivity index (χ4n) is 0.962. The average molecular weight is 204 g/mol. The van der Waals surface area contributed by atoms with Crippen LogP contribution in [0.4, 0.5) is 0 Å². The molecular weight excluding hydrogens is 191 g/mol. The van der Waals surface area contributed by atoms with E-state index >= 15 is 0 Å². The van der Waals surface area contributed by atoms with Gasteiger partial charge in [-0.3, -0.25) is 4.57 Å². The van der Waals surface area contributed by atoms with Crippen LogP contribution in [0.25, 0.3) is 0 Å². The van der Waals surface area contributed by atoms with Crippen molar-refractivity contribution in [1.29, 1.82) is 0 Å². The van der Waals surface area contributed by atoms with Crippen LogP contribution >= 0.6 is 18.0 Å². The minimum absolute atomic E-state index is 0.201. The third-order valence-electron chi connectivity index (χ3n) is 2.18. The van der Waals surface area contributed by atoms with E-state index in [9.17, 15) is 4.57 Å². The Hall–Kier alpha value is 0.100. The predicted molar refractivity (Wildman–Crippen MR) is 53.5 cm³/mol. The van der Waals surface area contributed by atoms with E-state index in [2.05, 4.69) is 5.92 Å². The summed E-state index contributed by atoms with van der Waals surface area (Å²) in [5, 5.41) is 0.201. The van der Waals surface area contributed by atoms with Gasteiger partial charge in [0.05, 0.1) is 12.0 Å². The molecule has 0 spiro atoms. The van der Waals surface area contributed by atoms with Gasteiger partial charge in [0.15, 0.2) is 0 Å². The Morgan fingerprint density at radius 2 is 2.42 bits per heavy atom. The lowest BCUT2D eigenvalue weighted by Gasteiger charge is -2.36. The molecule has 1 aliphatic rings. The van der Waals surface area contributed by atoms with Crippen LogP contribution < -0.4 is 0 Å². The van der Waals surface area contributed by atoms with Gasteiger partial charge in [-0.25, -0.2) is 0 Å². The van der Waals surface area contributed by atoms with E-state index in [4.69, 9.17) is 10.9 Å². The minimum atomic E-state index is -2.41. The first kappa shape index (κ1) is 10.2. The second kappa shape index (κ2) is 3.10. The SMILES string of the molecule is C#CC1(C)COP(C)(=O)SC1C. The Bertz CT molecular complexity index is 271. The summed E-state index contributed by atoms with van der Waals surface area (Å²) in [5.74, 6) is 2.70. The number of hydrogen-bond acceptors (Lipinski definition) is 3. The molecule has 1 rings (SSSR count). The van der Waals surface area contributed by atoms with Gasteiger partial charge < -0.3 is 4.52 Å². The first-order valence-electron chi connectivity index (χ1n) is 3.78. The van der Waals surface area contributed by atoms with Crippen molar-refractivity contribution in [2.45, 2.75) is 19.1 Å². The van der Waals surface area contributed by atoms with Crippen molar-refractivity contribution >= 4 is 18.0 Å². The summed E-state index contributed by atoms with van der Waals surface area (Å²) in [5.41, 5.74) is -0.269. The molecule has 0 aromatic carbocycles. The molecule has 1 fully saturated rings. The molecule has 3 atom stereocenters. The van der Waals surface area contributed by atoms with Gasteiger partial charge in [0.25, 0.3) is 6.57 Å². The first-order chi connectivity index (χ1) is 5.40. The van der Waals surface area contributed by atoms with E-state index in [1.165, 1.54) is 11.4 Å². The van der Waals surface area contributed by atoms with Gasteiger partial charge in [0.1, 0.15) is 0 Å². The summed E-state index contributed by atoms with van der Waals surface area (Å²) >= 11 is 1.37.